The predicted molar refractivity (Wildman–Crippen MR) is 70.8 cm³/mol. The summed E-state index contributed by atoms with van der Waals surface area (Å²) in [6.45, 7) is 2.65. The van der Waals surface area contributed by atoms with E-state index in [-0.39, 0.29) is 17.6 Å². The van der Waals surface area contributed by atoms with E-state index in [0.717, 1.165) is 12.8 Å². The maximum absolute atomic E-state index is 14.1. The molecule has 1 aromatic carbocycles. The van der Waals surface area contributed by atoms with Gasteiger partial charge in [-0.05, 0) is 31.0 Å². The maximum Gasteiger partial charge on any atom is 0.227 e. The van der Waals surface area contributed by atoms with Gasteiger partial charge in [0.1, 0.15) is 5.82 Å². The van der Waals surface area contributed by atoms with Crippen LogP contribution < -0.4 is 10.2 Å². The Labute approximate surface area is 111 Å². The molecular formula is C14H17FN2O2. The van der Waals surface area contributed by atoms with E-state index in [1.807, 2.05) is 4.90 Å². The molecule has 0 atom stereocenters. The van der Waals surface area contributed by atoms with E-state index in [1.165, 1.54) is 6.07 Å². The molecule has 4 nitrogen and oxygen atoms in total. The van der Waals surface area contributed by atoms with Gasteiger partial charge in [0.15, 0.2) is 0 Å². The van der Waals surface area contributed by atoms with Gasteiger partial charge in [-0.15, -0.1) is 0 Å². The minimum Gasteiger partial charge on any atom is -0.378 e. The van der Waals surface area contributed by atoms with E-state index in [2.05, 4.69) is 5.32 Å². The lowest BCUT2D eigenvalue weighted by molar-refractivity contribution is -0.117. The zero-order valence-corrected chi connectivity index (χ0v) is 10.7. The standard InChI is InChI=1S/C14H17FN2O2/c15-12-9-11(16-14(18)10-1-2-10)3-4-13(12)17-5-7-19-8-6-17/h3-4,9-10H,1-2,5-8H2,(H,16,18). The first-order valence-corrected chi connectivity index (χ1v) is 6.67. The molecule has 0 spiro atoms. The fourth-order valence-electron chi connectivity index (χ4n) is 2.24. The fraction of sp³-hybridized carbons (Fsp3) is 0.500. The topological polar surface area (TPSA) is 41.6 Å². The molecule has 102 valence electrons. The van der Waals surface area contributed by atoms with E-state index >= 15 is 0 Å². The van der Waals surface area contributed by atoms with E-state index < -0.39 is 0 Å². The molecule has 0 aromatic heterocycles. The lowest BCUT2D eigenvalue weighted by atomic mass is 10.2. The third kappa shape index (κ3) is 2.87. The minimum atomic E-state index is -0.296. The Hall–Kier alpha value is -1.62. The number of anilines is 2. The Bertz CT molecular complexity index is 482. The number of nitrogens with zero attached hydrogens (tertiary/aromatic N) is 1. The second kappa shape index (κ2) is 5.17. The van der Waals surface area contributed by atoms with Gasteiger partial charge in [0.25, 0.3) is 0 Å². The summed E-state index contributed by atoms with van der Waals surface area (Å²) >= 11 is 0. The molecular weight excluding hydrogens is 247 g/mol. The molecule has 0 unspecified atom stereocenters. The van der Waals surface area contributed by atoms with Crippen LogP contribution in [0.25, 0.3) is 0 Å². The summed E-state index contributed by atoms with van der Waals surface area (Å²) < 4.78 is 19.3. The van der Waals surface area contributed by atoms with Crippen LogP contribution in [0.5, 0.6) is 0 Å². The number of amides is 1. The van der Waals surface area contributed by atoms with E-state index in [9.17, 15) is 9.18 Å². The monoisotopic (exact) mass is 264 g/mol. The fourth-order valence-corrected chi connectivity index (χ4v) is 2.24. The summed E-state index contributed by atoms with van der Waals surface area (Å²) in [4.78, 5) is 13.6. The van der Waals surface area contributed by atoms with Crippen LogP contribution in [-0.4, -0.2) is 32.2 Å². The number of rotatable bonds is 3. The molecule has 2 fully saturated rings. The highest BCUT2D eigenvalue weighted by Gasteiger charge is 2.29. The predicted octanol–water partition coefficient (Wildman–Crippen LogP) is 2.01. The van der Waals surface area contributed by atoms with Gasteiger partial charge in [0.2, 0.25) is 5.91 Å². The normalized spacial score (nSPS) is 19.3. The number of ether oxygens (including phenoxy) is 1. The highest BCUT2D eigenvalue weighted by Crippen LogP contribution is 2.31. The van der Waals surface area contributed by atoms with Crippen LogP contribution in [-0.2, 0) is 9.53 Å². The zero-order valence-electron chi connectivity index (χ0n) is 10.7. The van der Waals surface area contributed by atoms with Crippen LogP contribution in [0.3, 0.4) is 0 Å². The summed E-state index contributed by atoms with van der Waals surface area (Å²) in [6, 6.07) is 4.88. The summed E-state index contributed by atoms with van der Waals surface area (Å²) in [6.07, 6.45) is 1.89. The van der Waals surface area contributed by atoms with Crippen LogP contribution in [0.4, 0.5) is 15.8 Å². The van der Waals surface area contributed by atoms with Gasteiger partial charge in [-0.2, -0.15) is 0 Å². The number of carbonyl (C=O) groups is 1. The average Bonchev–Trinajstić information content (AvgIpc) is 3.24. The Morgan fingerprint density at radius 3 is 2.68 bits per heavy atom. The highest BCUT2D eigenvalue weighted by atomic mass is 19.1. The summed E-state index contributed by atoms with van der Waals surface area (Å²) in [5.41, 5.74) is 1.11. The van der Waals surface area contributed by atoms with Crippen molar-refractivity contribution in [1.82, 2.24) is 0 Å². The Balaban J connectivity index is 1.71. The number of benzene rings is 1. The van der Waals surface area contributed by atoms with Crippen molar-refractivity contribution >= 4 is 17.3 Å². The molecule has 0 bridgehead atoms. The van der Waals surface area contributed by atoms with E-state index in [0.29, 0.717) is 37.7 Å². The Morgan fingerprint density at radius 2 is 2.05 bits per heavy atom. The number of hydrogen-bond acceptors (Lipinski definition) is 3. The van der Waals surface area contributed by atoms with Crippen molar-refractivity contribution in [2.45, 2.75) is 12.8 Å². The quantitative estimate of drug-likeness (QED) is 0.908. The first-order valence-electron chi connectivity index (χ1n) is 6.67. The third-order valence-electron chi connectivity index (χ3n) is 3.52. The number of halogens is 1. The van der Waals surface area contributed by atoms with Crippen LogP contribution in [0.15, 0.2) is 18.2 Å². The van der Waals surface area contributed by atoms with Gasteiger partial charge in [-0.3, -0.25) is 4.79 Å². The SMILES string of the molecule is O=C(Nc1ccc(N2CCOCC2)c(F)c1)C1CC1. The van der Waals surface area contributed by atoms with Crippen molar-refractivity contribution in [2.75, 3.05) is 36.5 Å². The number of carbonyl (C=O) groups excluding carboxylic acids is 1. The van der Waals surface area contributed by atoms with Crippen LogP contribution in [0, 0.1) is 11.7 Å². The van der Waals surface area contributed by atoms with E-state index in [1.54, 1.807) is 12.1 Å². The van der Waals surface area contributed by atoms with E-state index in [4.69, 9.17) is 4.74 Å². The molecule has 0 radical (unpaired) electrons. The second-order valence-corrected chi connectivity index (χ2v) is 5.03. The van der Waals surface area contributed by atoms with Gasteiger partial charge >= 0.3 is 0 Å². The van der Waals surface area contributed by atoms with Gasteiger partial charge in [-0.1, -0.05) is 0 Å². The Kier molecular flexibility index (Phi) is 3.38. The molecule has 1 heterocycles. The van der Waals surface area contributed by atoms with Gasteiger partial charge in [-0.25, -0.2) is 4.39 Å². The largest absolute Gasteiger partial charge is 0.378 e. The molecule has 1 N–H and O–H groups in total. The minimum absolute atomic E-state index is 0.00137. The first kappa shape index (κ1) is 12.4. The van der Waals surface area contributed by atoms with Crippen molar-refractivity contribution in [1.29, 1.82) is 0 Å². The van der Waals surface area contributed by atoms with Gasteiger partial charge < -0.3 is 15.0 Å². The molecule has 1 aromatic rings. The van der Waals surface area contributed by atoms with Crippen molar-refractivity contribution in [2.24, 2.45) is 5.92 Å². The van der Waals surface area contributed by atoms with Crippen LogP contribution in [0.1, 0.15) is 12.8 Å². The number of hydrogen-bond donors (Lipinski definition) is 1. The van der Waals surface area contributed by atoms with Crippen LogP contribution >= 0.6 is 0 Å². The average molecular weight is 264 g/mol. The molecule has 5 heteroatoms. The maximum atomic E-state index is 14.1. The Morgan fingerprint density at radius 1 is 1.32 bits per heavy atom. The molecule has 1 saturated heterocycles. The summed E-state index contributed by atoms with van der Waals surface area (Å²) in [7, 11) is 0. The summed E-state index contributed by atoms with van der Waals surface area (Å²) in [5.74, 6) is -0.170. The van der Waals surface area contributed by atoms with Crippen molar-refractivity contribution in [3.05, 3.63) is 24.0 Å². The lowest BCUT2D eigenvalue weighted by Gasteiger charge is -2.29. The highest BCUT2D eigenvalue weighted by molar-refractivity contribution is 5.94. The van der Waals surface area contributed by atoms with Gasteiger partial charge in [0, 0.05) is 24.7 Å². The number of nitrogens with one attached hydrogen (secondary N) is 1. The molecule has 2 aliphatic rings. The molecule has 1 saturated carbocycles. The first-order chi connectivity index (χ1) is 9.24. The molecule has 1 aliphatic heterocycles. The van der Waals surface area contributed by atoms with Gasteiger partial charge in [0.05, 0.1) is 18.9 Å². The van der Waals surface area contributed by atoms with Crippen molar-refractivity contribution in [3.63, 3.8) is 0 Å². The smallest absolute Gasteiger partial charge is 0.227 e. The molecule has 1 aliphatic carbocycles. The lowest BCUT2D eigenvalue weighted by Crippen LogP contribution is -2.36. The molecule has 1 amide bonds. The van der Waals surface area contributed by atoms with Crippen molar-refractivity contribution < 1.29 is 13.9 Å². The van der Waals surface area contributed by atoms with Crippen molar-refractivity contribution in [3.8, 4) is 0 Å². The second-order valence-electron chi connectivity index (χ2n) is 5.03. The molecule has 3 rings (SSSR count). The third-order valence-corrected chi connectivity index (χ3v) is 3.52. The molecule has 19 heavy (non-hydrogen) atoms. The zero-order chi connectivity index (χ0) is 13.2. The summed E-state index contributed by atoms with van der Waals surface area (Å²) in [5, 5.41) is 2.75. The van der Waals surface area contributed by atoms with Crippen LogP contribution in [0.2, 0.25) is 0 Å². The number of morpholine rings is 1.